The molecule has 3 heterocycles. The Morgan fingerprint density at radius 1 is 1.09 bits per heavy atom. The molecule has 0 bridgehead atoms. The third-order valence-corrected chi connectivity index (χ3v) is 5.33. The van der Waals surface area contributed by atoms with Gasteiger partial charge in [0.2, 0.25) is 0 Å². The first-order valence-electron chi connectivity index (χ1n) is 10.6. The minimum absolute atomic E-state index is 0.153. The Morgan fingerprint density at radius 2 is 1.81 bits per heavy atom. The highest BCUT2D eigenvalue weighted by atomic mass is 16.6. The highest BCUT2D eigenvalue weighted by molar-refractivity contribution is 5.69. The zero-order valence-corrected chi connectivity index (χ0v) is 18.9. The van der Waals surface area contributed by atoms with E-state index < -0.39 is 23.4 Å². The molecule has 7 heteroatoms. The topological polar surface area (TPSA) is 96.4 Å². The van der Waals surface area contributed by atoms with Crippen LogP contribution in [0, 0.1) is 13.8 Å². The van der Waals surface area contributed by atoms with Gasteiger partial charge in [-0.1, -0.05) is 18.2 Å². The maximum Gasteiger partial charge on any atom is 0.409 e. The number of benzene rings is 1. The van der Waals surface area contributed by atoms with Crippen molar-refractivity contribution < 1.29 is 14.6 Å². The first-order chi connectivity index (χ1) is 15.1. The average molecular weight is 433 g/mol. The number of aromatic hydroxyl groups is 1. The summed E-state index contributed by atoms with van der Waals surface area (Å²) in [5.41, 5.74) is 3.59. The summed E-state index contributed by atoms with van der Waals surface area (Å²) < 4.78 is 5.48. The number of phenolic OH excluding ortho intramolecular Hbond substituents is 1. The molecule has 2 atom stereocenters. The number of hydrogen-bond acceptors (Lipinski definition) is 6. The number of carbonyl (C=O) groups excluding carboxylic acids is 1. The van der Waals surface area contributed by atoms with Crippen LogP contribution in [0.4, 0.5) is 4.79 Å². The molecule has 0 radical (unpaired) electrons. The molecule has 3 aromatic rings. The third-order valence-electron chi connectivity index (χ3n) is 5.33. The number of ether oxygens (including phenoxy) is 1. The van der Waals surface area contributed by atoms with Gasteiger partial charge in [0.25, 0.3) is 0 Å². The van der Waals surface area contributed by atoms with E-state index in [1.165, 1.54) is 0 Å². The van der Waals surface area contributed by atoms with E-state index in [0.29, 0.717) is 5.69 Å². The second-order valence-corrected chi connectivity index (χ2v) is 9.10. The van der Waals surface area contributed by atoms with E-state index in [0.717, 1.165) is 28.1 Å². The molecule has 0 aliphatic carbocycles. The Labute approximate surface area is 187 Å². The number of pyridine rings is 2. The lowest BCUT2D eigenvalue weighted by Crippen LogP contribution is -2.46. The highest BCUT2D eigenvalue weighted by Crippen LogP contribution is 2.46. The van der Waals surface area contributed by atoms with Gasteiger partial charge in [-0.15, -0.1) is 0 Å². The van der Waals surface area contributed by atoms with Gasteiger partial charge < -0.3 is 15.2 Å². The lowest BCUT2D eigenvalue weighted by Gasteiger charge is -2.33. The van der Waals surface area contributed by atoms with E-state index in [2.05, 4.69) is 20.6 Å². The molecular weight excluding hydrogens is 404 g/mol. The monoisotopic (exact) mass is 432 g/mol. The normalized spacial score (nSPS) is 20.0. The van der Waals surface area contributed by atoms with Gasteiger partial charge in [0.1, 0.15) is 17.5 Å². The number of aryl methyl sites for hydroxylation is 2. The van der Waals surface area contributed by atoms with Crippen LogP contribution in [-0.4, -0.2) is 26.8 Å². The number of fused-ring (bicyclic) bond motifs is 1. The molecule has 4 rings (SSSR count). The number of alkyl carbamates (subject to hydrolysis) is 1. The van der Waals surface area contributed by atoms with Gasteiger partial charge in [-0.2, -0.15) is 0 Å². The van der Waals surface area contributed by atoms with E-state index >= 15 is 0 Å². The van der Waals surface area contributed by atoms with Crippen molar-refractivity contribution in [2.45, 2.75) is 51.9 Å². The summed E-state index contributed by atoms with van der Waals surface area (Å²) >= 11 is 0. The fourth-order valence-electron chi connectivity index (χ4n) is 4.29. The Hall–Kier alpha value is -3.45. The summed E-state index contributed by atoms with van der Waals surface area (Å²) in [6, 6.07) is 15.0. The zero-order chi connectivity index (χ0) is 23.1. The molecule has 0 fully saturated rings. The average Bonchev–Trinajstić information content (AvgIpc) is 3.01. The van der Waals surface area contributed by atoms with Crippen LogP contribution in [0.5, 0.6) is 5.75 Å². The van der Waals surface area contributed by atoms with E-state index in [1.807, 2.05) is 65.0 Å². The minimum Gasteiger partial charge on any atom is -0.508 e. The van der Waals surface area contributed by atoms with Gasteiger partial charge in [0, 0.05) is 23.1 Å². The van der Waals surface area contributed by atoms with Crippen molar-refractivity contribution in [3.05, 3.63) is 88.5 Å². The van der Waals surface area contributed by atoms with Crippen LogP contribution in [0.15, 0.2) is 54.7 Å². The van der Waals surface area contributed by atoms with Crippen molar-refractivity contribution in [1.29, 1.82) is 0 Å². The highest BCUT2D eigenvalue weighted by Gasteiger charge is 2.48. The molecule has 0 saturated heterocycles. The number of rotatable bonds is 3. The Morgan fingerprint density at radius 3 is 2.47 bits per heavy atom. The molecule has 1 aliphatic rings. The van der Waals surface area contributed by atoms with Crippen LogP contribution in [0.3, 0.4) is 0 Å². The molecule has 0 spiro atoms. The second kappa shape index (κ2) is 7.91. The van der Waals surface area contributed by atoms with Crippen molar-refractivity contribution in [1.82, 2.24) is 20.6 Å². The van der Waals surface area contributed by atoms with Gasteiger partial charge in [0.15, 0.2) is 0 Å². The summed E-state index contributed by atoms with van der Waals surface area (Å²) in [5.74, 6) is 0.153. The van der Waals surface area contributed by atoms with E-state index in [1.54, 1.807) is 24.4 Å². The third kappa shape index (κ3) is 4.03. The van der Waals surface area contributed by atoms with Crippen molar-refractivity contribution >= 4 is 6.09 Å². The second-order valence-electron chi connectivity index (χ2n) is 9.10. The van der Waals surface area contributed by atoms with Gasteiger partial charge in [0.05, 0.1) is 11.2 Å². The van der Waals surface area contributed by atoms with Crippen LogP contribution >= 0.6 is 0 Å². The zero-order valence-electron chi connectivity index (χ0n) is 18.9. The molecule has 1 amide bonds. The van der Waals surface area contributed by atoms with Crippen LogP contribution < -0.4 is 10.6 Å². The molecule has 0 saturated carbocycles. The lowest BCUT2D eigenvalue weighted by atomic mass is 9.78. The fourth-order valence-corrected chi connectivity index (χ4v) is 4.29. The van der Waals surface area contributed by atoms with Crippen molar-refractivity contribution in [2.75, 3.05) is 0 Å². The summed E-state index contributed by atoms with van der Waals surface area (Å²) in [7, 11) is 0. The number of hydrogen-bond donors (Lipinski definition) is 3. The molecule has 7 nitrogen and oxygen atoms in total. The van der Waals surface area contributed by atoms with Crippen LogP contribution in [0.2, 0.25) is 0 Å². The van der Waals surface area contributed by atoms with Gasteiger partial charge in [-0.05, 0) is 76.1 Å². The summed E-state index contributed by atoms with van der Waals surface area (Å²) in [6.45, 7) is 9.35. The molecule has 2 unspecified atom stereocenters. The summed E-state index contributed by atoms with van der Waals surface area (Å²) in [5, 5.41) is 16.8. The number of carbonyl (C=O) groups is 1. The number of amides is 1. The summed E-state index contributed by atoms with van der Waals surface area (Å²) in [4.78, 5) is 21.7. The first-order valence-corrected chi connectivity index (χ1v) is 10.6. The molecule has 3 N–H and O–H groups in total. The van der Waals surface area contributed by atoms with Crippen molar-refractivity contribution in [2.24, 2.45) is 0 Å². The van der Waals surface area contributed by atoms with Gasteiger partial charge in [-0.25, -0.2) is 4.79 Å². The predicted octanol–water partition coefficient (Wildman–Crippen LogP) is 4.22. The maximum absolute atomic E-state index is 12.6. The number of nitrogens with one attached hydrogen (secondary N) is 2. The predicted molar refractivity (Wildman–Crippen MR) is 121 cm³/mol. The van der Waals surface area contributed by atoms with Crippen LogP contribution in [0.25, 0.3) is 0 Å². The Kier molecular flexibility index (Phi) is 5.38. The molecule has 2 aromatic heterocycles. The number of nitrogens with zero attached hydrogens (tertiary/aromatic N) is 2. The van der Waals surface area contributed by atoms with Crippen molar-refractivity contribution in [3.63, 3.8) is 0 Å². The SMILES string of the molecule is Cc1cc(C2(c3cccc(O)c3)NC(NC(=O)OC(C)(C)C)c3ncccc32)cc(C)n1. The molecule has 1 aliphatic heterocycles. The standard InChI is InChI=1S/C25H28N4O3/c1-15-12-18(13-16(2)27-15)25(17-8-6-9-19(30)14-17)20-10-7-11-26-21(20)22(29-25)28-23(31)32-24(3,4)5/h6-14,22,29-30H,1-5H3,(H,28,31). The maximum atomic E-state index is 12.6. The lowest BCUT2D eigenvalue weighted by molar-refractivity contribution is 0.0491. The number of aromatic nitrogens is 2. The smallest absolute Gasteiger partial charge is 0.409 e. The van der Waals surface area contributed by atoms with Gasteiger partial charge >= 0.3 is 6.09 Å². The largest absolute Gasteiger partial charge is 0.508 e. The van der Waals surface area contributed by atoms with Crippen molar-refractivity contribution in [3.8, 4) is 5.75 Å². The van der Waals surface area contributed by atoms with Gasteiger partial charge in [-0.3, -0.25) is 15.3 Å². The first kappa shape index (κ1) is 21.8. The molecule has 166 valence electrons. The molecule has 1 aromatic carbocycles. The Balaban J connectivity index is 1.90. The molecular formula is C25H28N4O3. The van der Waals surface area contributed by atoms with Crippen LogP contribution in [-0.2, 0) is 10.3 Å². The minimum atomic E-state index is -0.861. The fraction of sp³-hybridized carbons (Fsp3) is 0.320. The summed E-state index contributed by atoms with van der Waals surface area (Å²) in [6.07, 6.45) is 0.559. The number of phenols is 1. The van der Waals surface area contributed by atoms with E-state index in [-0.39, 0.29) is 5.75 Å². The quantitative estimate of drug-likeness (QED) is 0.574. The molecule has 32 heavy (non-hydrogen) atoms. The Bertz CT molecular complexity index is 1150. The van der Waals surface area contributed by atoms with Crippen LogP contribution in [0.1, 0.15) is 60.7 Å². The van der Waals surface area contributed by atoms with E-state index in [9.17, 15) is 9.90 Å². The van der Waals surface area contributed by atoms with E-state index in [4.69, 9.17) is 4.74 Å².